The highest BCUT2D eigenvalue weighted by Gasteiger charge is 2.42. The second-order valence-corrected chi connectivity index (χ2v) is 7.63. The van der Waals surface area contributed by atoms with Crippen LogP contribution >= 0.6 is 11.3 Å². The van der Waals surface area contributed by atoms with Gasteiger partial charge in [-0.3, -0.25) is 4.79 Å². The fourth-order valence-corrected chi connectivity index (χ4v) is 4.08. The first-order chi connectivity index (χ1) is 12.5. The molecule has 4 rings (SSSR count). The van der Waals surface area contributed by atoms with E-state index in [0.717, 1.165) is 34.3 Å². The van der Waals surface area contributed by atoms with Crippen molar-refractivity contribution in [3.8, 4) is 11.3 Å². The maximum absolute atomic E-state index is 13.1. The monoisotopic (exact) mass is 374 g/mol. The number of aromatic nitrogens is 3. The molecule has 136 valence electrons. The number of carbonyl (C=O) groups excluding carboxylic acids is 1. The van der Waals surface area contributed by atoms with Crippen LogP contribution in [0.25, 0.3) is 16.2 Å². The van der Waals surface area contributed by atoms with Crippen molar-refractivity contribution >= 4 is 27.4 Å². The molecule has 0 radical (unpaired) electrons. The van der Waals surface area contributed by atoms with E-state index in [4.69, 9.17) is 4.74 Å². The Morgan fingerprint density at radius 3 is 2.85 bits per heavy atom. The third kappa shape index (κ3) is 2.94. The standard InChI is InChI=1S/C18H19FN4O2S/c1-3-25-15(24)18(2)8-9-22(11-18)17-21-23-10-14(20-16(23)26-17)12-4-6-13(19)7-5-12/h4-7,10H,3,8-9,11H2,1-2H3. The quantitative estimate of drug-likeness (QED) is 0.655. The molecule has 3 aromatic rings. The van der Waals surface area contributed by atoms with Gasteiger partial charge in [-0.1, -0.05) is 11.3 Å². The number of nitrogens with zero attached hydrogens (tertiary/aromatic N) is 4. The smallest absolute Gasteiger partial charge is 0.313 e. The SMILES string of the molecule is CCOC(=O)C1(C)CCN(c2nn3cc(-c4ccc(F)cc4)nc3s2)C1. The number of halogens is 1. The molecule has 0 bridgehead atoms. The first-order valence-corrected chi connectivity index (χ1v) is 9.34. The lowest BCUT2D eigenvalue weighted by atomic mass is 9.90. The number of anilines is 1. The normalized spacial score (nSPS) is 20.0. The van der Waals surface area contributed by atoms with Crippen LogP contribution in [0.3, 0.4) is 0 Å². The van der Waals surface area contributed by atoms with E-state index >= 15 is 0 Å². The molecule has 0 spiro atoms. The van der Waals surface area contributed by atoms with Crippen LogP contribution in [0.15, 0.2) is 30.5 Å². The van der Waals surface area contributed by atoms with E-state index in [9.17, 15) is 9.18 Å². The Balaban J connectivity index is 1.55. The molecular formula is C18H19FN4O2S. The van der Waals surface area contributed by atoms with Crippen molar-refractivity contribution in [3.05, 3.63) is 36.3 Å². The zero-order chi connectivity index (χ0) is 18.3. The van der Waals surface area contributed by atoms with Crippen molar-refractivity contribution in [2.75, 3.05) is 24.6 Å². The molecule has 0 amide bonds. The minimum absolute atomic E-state index is 0.151. The van der Waals surface area contributed by atoms with Crippen LogP contribution in [0.4, 0.5) is 9.52 Å². The molecule has 0 saturated carbocycles. The molecule has 1 aromatic carbocycles. The fraction of sp³-hybridized carbons (Fsp3) is 0.389. The summed E-state index contributed by atoms with van der Waals surface area (Å²) in [5.41, 5.74) is 1.11. The molecule has 6 nitrogen and oxygen atoms in total. The Hall–Kier alpha value is -2.48. The number of rotatable bonds is 4. The van der Waals surface area contributed by atoms with Gasteiger partial charge in [0.15, 0.2) is 0 Å². The topological polar surface area (TPSA) is 59.7 Å². The van der Waals surface area contributed by atoms with Gasteiger partial charge in [-0.15, -0.1) is 5.10 Å². The van der Waals surface area contributed by atoms with Crippen molar-refractivity contribution in [1.82, 2.24) is 14.6 Å². The molecule has 1 aliphatic rings. The van der Waals surface area contributed by atoms with E-state index in [1.165, 1.54) is 23.5 Å². The Morgan fingerprint density at radius 2 is 2.15 bits per heavy atom. The van der Waals surface area contributed by atoms with Gasteiger partial charge in [-0.25, -0.2) is 13.9 Å². The maximum atomic E-state index is 13.1. The summed E-state index contributed by atoms with van der Waals surface area (Å²) in [7, 11) is 0. The summed E-state index contributed by atoms with van der Waals surface area (Å²) in [6, 6.07) is 6.24. The van der Waals surface area contributed by atoms with Crippen LogP contribution in [0.1, 0.15) is 20.3 Å². The second kappa shape index (κ2) is 6.35. The molecule has 2 aromatic heterocycles. The van der Waals surface area contributed by atoms with Crippen LogP contribution in [-0.4, -0.2) is 40.3 Å². The molecule has 8 heteroatoms. The minimum atomic E-state index is -0.497. The average molecular weight is 374 g/mol. The molecule has 1 fully saturated rings. The molecule has 3 heterocycles. The number of hydrogen-bond acceptors (Lipinski definition) is 6. The van der Waals surface area contributed by atoms with Crippen LogP contribution < -0.4 is 4.90 Å². The summed E-state index contributed by atoms with van der Waals surface area (Å²) >= 11 is 1.48. The molecule has 1 unspecified atom stereocenters. The summed E-state index contributed by atoms with van der Waals surface area (Å²) in [5, 5.41) is 5.44. The van der Waals surface area contributed by atoms with E-state index in [-0.39, 0.29) is 11.8 Å². The highest BCUT2D eigenvalue weighted by atomic mass is 32.1. The average Bonchev–Trinajstić information content (AvgIpc) is 3.29. The van der Waals surface area contributed by atoms with E-state index in [1.54, 1.807) is 16.6 Å². The summed E-state index contributed by atoms with van der Waals surface area (Å²) in [4.78, 5) is 19.6. The van der Waals surface area contributed by atoms with Crippen LogP contribution in [-0.2, 0) is 9.53 Å². The first-order valence-electron chi connectivity index (χ1n) is 8.53. The van der Waals surface area contributed by atoms with Gasteiger partial charge in [0.05, 0.1) is 23.9 Å². The molecule has 1 saturated heterocycles. The largest absolute Gasteiger partial charge is 0.466 e. The van der Waals surface area contributed by atoms with Gasteiger partial charge in [-0.2, -0.15) is 0 Å². The molecule has 1 aliphatic heterocycles. The lowest BCUT2D eigenvalue weighted by Crippen LogP contribution is -2.33. The Labute approximate surface area is 154 Å². The third-order valence-corrected chi connectivity index (χ3v) is 5.67. The van der Waals surface area contributed by atoms with E-state index < -0.39 is 5.41 Å². The Bertz CT molecular complexity index is 920. The molecule has 1 atom stereocenters. The predicted octanol–water partition coefficient (Wildman–Crippen LogP) is 3.38. The van der Waals surface area contributed by atoms with Gasteiger partial charge in [0.2, 0.25) is 10.1 Å². The summed E-state index contributed by atoms with van der Waals surface area (Å²) < 4.78 is 20.0. The van der Waals surface area contributed by atoms with Crippen molar-refractivity contribution in [2.24, 2.45) is 5.41 Å². The van der Waals surface area contributed by atoms with Crippen LogP contribution in [0.2, 0.25) is 0 Å². The third-order valence-electron chi connectivity index (χ3n) is 4.68. The number of ether oxygens (including phenoxy) is 1. The molecule has 0 N–H and O–H groups in total. The van der Waals surface area contributed by atoms with Crippen molar-refractivity contribution < 1.29 is 13.9 Å². The Kier molecular flexibility index (Phi) is 4.14. The van der Waals surface area contributed by atoms with Crippen molar-refractivity contribution in [3.63, 3.8) is 0 Å². The number of esters is 1. The zero-order valence-corrected chi connectivity index (χ0v) is 15.4. The van der Waals surface area contributed by atoms with Gasteiger partial charge >= 0.3 is 5.97 Å². The van der Waals surface area contributed by atoms with Gasteiger partial charge in [0.1, 0.15) is 5.82 Å². The zero-order valence-electron chi connectivity index (χ0n) is 14.6. The summed E-state index contributed by atoms with van der Waals surface area (Å²) in [6.45, 7) is 5.51. The van der Waals surface area contributed by atoms with Gasteiger partial charge in [0, 0.05) is 18.7 Å². The van der Waals surface area contributed by atoms with Gasteiger partial charge < -0.3 is 9.64 Å². The van der Waals surface area contributed by atoms with Crippen molar-refractivity contribution in [2.45, 2.75) is 20.3 Å². The van der Waals surface area contributed by atoms with Crippen LogP contribution in [0.5, 0.6) is 0 Å². The van der Waals surface area contributed by atoms with E-state index in [1.807, 2.05) is 20.0 Å². The number of hydrogen-bond donors (Lipinski definition) is 0. The van der Waals surface area contributed by atoms with E-state index in [0.29, 0.717) is 13.2 Å². The summed E-state index contributed by atoms with van der Waals surface area (Å²) in [6.07, 6.45) is 2.58. The molecular weight excluding hydrogens is 355 g/mol. The summed E-state index contributed by atoms with van der Waals surface area (Å²) in [5.74, 6) is -0.420. The second-order valence-electron chi connectivity index (χ2n) is 6.70. The lowest BCUT2D eigenvalue weighted by molar-refractivity contribution is -0.153. The number of fused-ring (bicyclic) bond motifs is 1. The maximum Gasteiger partial charge on any atom is 0.313 e. The highest BCUT2D eigenvalue weighted by molar-refractivity contribution is 7.20. The van der Waals surface area contributed by atoms with E-state index in [2.05, 4.69) is 15.0 Å². The van der Waals surface area contributed by atoms with Crippen LogP contribution in [0, 0.1) is 11.2 Å². The highest BCUT2D eigenvalue weighted by Crippen LogP contribution is 2.36. The molecule has 26 heavy (non-hydrogen) atoms. The van der Waals surface area contributed by atoms with Crippen molar-refractivity contribution in [1.29, 1.82) is 0 Å². The Morgan fingerprint density at radius 1 is 1.38 bits per heavy atom. The number of benzene rings is 1. The molecule has 0 aliphatic carbocycles. The number of carbonyl (C=O) groups is 1. The van der Waals surface area contributed by atoms with Gasteiger partial charge in [0.25, 0.3) is 0 Å². The minimum Gasteiger partial charge on any atom is -0.466 e. The predicted molar refractivity (Wildman–Crippen MR) is 97.8 cm³/mol. The fourth-order valence-electron chi connectivity index (χ4n) is 3.17. The van der Waals surface area contributed by atoms with Gasteiger partial charge in [-0.05, 0) is 44.5 Å². The lowest BCUT2D eigenvalue weighted by Gasteiger charge is -2.21. The number of imidazole rings is 1. The first kappa shape index (κ1) is 17.0.